The lowest BCUT2D eigenvalue weighted by Gasteiger charge is -2.31. The third kappa shape index (κ3) is 2.64. The number of halogens is 1. The minimum absolute atomic E-state index is 0.469. The molecule has 0 unspecified atom stereocenters. The fourth-order valence-electron chi connectivity index (χ4n) is 2.29. The van der Waals surface area contributed by atoms with Crippen molar-refractivity contribution in [1.82, 2.24) is 14.8 Å². The molecular weight excluding hydrogens is 306 g/mol. The van der Waals surface area contributed by atoms with Crippen LogP contribution in [0.4, 0.5) is 5.82 Å². The van der Waals surface area contributed by atoms with Crippen molar-refractivity contribution in [1.29, 1.82) is 0 Å². The van der Waals surface area contributed by atoms with Gasteiger partial charge in [-0.2, -0.15) is 5.10 Å². The van der Waals surface area contributed by atoms with Gasteiger partial charge >= 0.3 is 0 Å². The van der Waals surface area contributed by atoms with Crippen LogP contribution in [-0.4, -0.2) is 27.9 Å². The highest BCUT2D eigenvalue weighted by Gasteiger charge is 2.12. The first-order valence-corrected chi connectivity index (χ1v) is 7.12. The molecule has 1 saturated heterocycles. The number of nitrogens with zero attached hydrogens (tertiary/aromatic N) is 4. The predicted octanol–water partition coefficient (Wildman–Crippen LogP) is 3.00. The van der Waals surface area contributed by atoms with Gasteiger partial charge in [-0.3, -0.25) is 4.68 Å². The number of hydrogen-bond donors (Lipinski definition) is 1. The third-order valence-electron chi connectivity index (χ3n) is 3.42. The van der Waals surface area contributed by atoms with Gasteiger partial charge in [-0.25, -0.2) is 4.98 Å². The second kappa shape index (κ2) is 5.30. The molecule has 2 aromatic rings. The Morgan fingerprint density at radius 1 is 1.26 bits per heavy atom. The van der Waals surface area contributed by atoms with E-state index in [9.17, 15) is 0 Å². The van der Waals surface area contributed by atoms with Crippen LogP contribution in [0.5, 0.6) is 0 Å². The number of anilines is 1. The van der Waals surface area contributed by atoms with E-state index in [1.807, 2.05) is 16.9 Å². The van der Waals surface area contributed by atoms with Gasteiger partial charge < -0.3 is 11.1 Å². The van der Waals surface area contributed by atoms with E-state index in [0.717, 1.165) is 41.5 Å². The van der Waals surface area contributed by atoms with Gasteiger partial charge in [0.15, 0.2) is 0 Å². The van der Waals surface area contributed by atoms with Crippen molar-refractivity contribution >= 4 is 21.7 Å². The summed E-state index contributed by atoms with van der Waals surface area (Å²) in [6, 6.07) is 2.44. The van der Waals surface area contributed by atoms with Gasteiger partial charge in [-0.1, -0.05) is 0 Å². The van der Waals surface area contributed by atoms with Crippen LogP contribution >= 0.6 is 15.9 Å². The number of nitrogens with two attached hydrogens (primary N) is 1. The second-order valence-electron chi connectivity index (χ2n) is 4.70. The molecule has 0 bridgehead atoms. The standard InChI is InChI=1S/C13H15BrN5/c14-12-5-9(6-17-13(12)15)10-7-18-19(8-10)11-1-3-16-4-2-11/h5-8,11H,1-4H2,(H2,15,17)/q-1. The van der Waals surface area contributed by atoms with Crippen LogP contribution < -0.4 is 5.73 Å². The zero-order valence-electron chi connectivity index (χ0n) is 10.5. The van der Waals surface area contributed by atoms with Gasteiger partial charge in [0.1, 0.15) is 5.82 Å². The summed E-state index contributed by atoms with van der Waals surface area (Å²) in [7, 11) is 0. The molecule has 5 nitrogen and oxygen atoms in total. The van der Waals surface area contributed by atoms with E-state index in [2.05, 4.69) is 37.5 Å². The van der Waals surface area contributed by atoms with E-state index in [1.54, 1.807) is 6.20 Å². The first-order valence-electron chi connectivity index (χ1n) is 6.33. The SMILES string of the molecule is Nc1ncc(-c2cnn(C3CC[N-]CC3)c2)cc1Br. The number of hydrogen-bond acceptors (Lipinski definition) is 3. The molecule has 0 atom stereocenters. The minimum Gasteiger partial charge on any atom is -0.662 e. The molecule has 0 spiro atoms. The molecule has 1 aliphatic rings. The lowest BCUT2D eigenvalue weighted by molar-refractivity contribution is 0.396. The van der Waals surface area contributed by atoms with Crippen LogP contribution in [0.15, 0.2) is 29.1 Å². The van der Waals surface area contributed by atoms with Crippen LogP contribution in [0.3, 0.4) is 0 Å². The highest BCUT2D eigenvalue weighted by atomic mass is 79.9. The number of rotatable bonds is 2. The van der Waals surface area contributed by atoms with Crippen molar-refractivity contribution in [2.24, 2.45) is 0 Å². The summed E-state index contributed by atoms with van der Waals surface area (Å²) < 4.78 is 2.86. The van der Waals surface area contributed by atoms with Gasteiger partial charge in [0, 0.05) is 29.6 Å². The maximum Gasteiger partial charge on any atom is 0.137 e. The third-order valence-corrected chi connectivity index (χ3v) is 4.05. The second-order valence-corrected chi connectivity index (χ2v) is 5.56. The lowest BCUT2D eigenvalue weighted by Crippen LogP contribution is -2.17. The lowest BCUT2D eigenvalue weighted by atomic mass is 10.1. The molecular formula is C13H15BrN5-. The van der Waals surface area contributed by atoms with E-state index in [0.29, 0.717) is 11.9 Å². The van der Waals surface area contributed by atoms with Crippen molar-refractivity contribution < 1.29 is 0 Å². The topological polar surface area (TPSA) is 70.8 Å². The average molecular weight is 321 g/mol. The molecule has 6 heteroatoms. The van der Waals surface area contributed by atoms with Crippen LogP contribution in [-0.2, 0) is 0 Å². The maximum absolute atomic E-state index is 5.70. The van der Waals surface area contributed by atoms with Crippen LogP contribution in [0.1, 0.15) is 18.9 Å². The van der Waals surface area contributed by atoms with Crippen LogP contribution in [0.25, 0.3) is 16.4 Å². The van der Waals surface area contributed by atoms with E-state index >= 15 is 0 Å². The summed E-state index contributed by atoms with van der Waals surface area (Å²) in [6.45, 7) is 1.88. The Morgan fingerprint density at radius 2 is 2.05 bits per heavy atom. The smallest absolute Gasteiger partial charge is 0.137 e. The van der Waals surface area contributed by atoms with E-state index in [4.69, 9.17) is 5.73 Å². The molecule has 100 valence electrons. The van der Waals surface area contributed by atoms with Crippen LogP contribution in [0.2, 0.25) is 0 Å². The van der Waals surface area contributed by atoms with Gasteiger partial charge in [-0.05, 0) is 34.8 Å². The summed E-state index contributed by atoms with van der Waals surface area (Å²) in [4.78, 5) is 4.16. The first-order chi connectivity index (χ1) is 9.24. The molecule has 2 N–H and O–H groups in total. The summed E-state index contributed by atoms with van der Waals surface area (Å²) >= 11 is 3.40. The Morgan fingerprint density at radius 3 is 2.79 bits per heavy atom. The van der Waals surface area contributed by atoms with Crippen LogP contribution in [0, 0.1) is 0 Å². The van der Waals surface area contributed by atoms with E-state index in [1.165, 1.54) is 0 Å². The molecule has 19 heavy (non-hydrogen) atoms. The van der Waals surface area contributed by atoms with Gasteiger partial charge in [0.25, 0.3) is 0 Å². The van der Waals surface area contributed by atoms with E-state index < -0.39 is 0 Å². The highest BCUT2D eigenvalue weighted by molar-refractivity contribution is 9.10. The van der Waals surface area contributed by atoms with Crippen molar-refractivity contribution in [3.05, 3.63) is 34.4 Å². The van der Waals surface area contributed by atoms with E-state index in [-0.39, 0.29) is 0 Å². The molecule has 1 fully saturated rings. The highest BCUT2D eigenvalue weighted by Crippen LogP contribution is 2.28. The predicted molar refractivity (Wildman–Crippen MR) is 78.9 cm³/mol. The Bertz CT molecular complexity index is 574. The van der Waals surface area contributed by atoms with Crippen molar-refractivity contribution in [3.8, 4) is 11.1 Å². The summed E-state index contributed by atoms with van der Waals surface area (Å²) in [6.07, 6.45) is 7.88. The first kappa shape index (κ1) is 12.6. The summed E-state index contributed by atoms with van der Waals surface area (Å²) in [5.41, 5.74) is 7.79. The Kier molecular flexibility index (Phi) is 3.52. The fourth-order valence-corrected chi connectivity index (χ4v) is 2.64. The zero-order valence-corrected chi connectivity index (χ0v) is 12.0. The molecule has 0 aromatic carbocycles. The van der Waals surface area contributed by atoms with Gasteiger partial charge in [0.2, 0.25) is 0 Å². The molecule has 3 heterocycles. The maximum atomic E-state index is 5.70. The molecule has 3 rings (SSSR count). The Hall–Kier alpha value is -1.40. The van der Waals surface area contributed by atoms with Crippen molar-refractivity contribution in [3.63, 3.8) is 0 Å². The average Bonchev–Trinajstić information content (AvgIpc) is 2.93. The minimum atomic E-state index is 0.469. The summed E-state index contributed by atoms with van der Waals surface area (Å²) in [5, 5.41) is 8.84. The monoisotopic (exact) mass is 320 g/mol. The number of pyridine rings is 1. The summed E-state index contributed by atoms with van der Waals surface area (Å²) in [5.74, 6) is 0.505. The normalized spacial score (nSPS) is 16.7. The Labute approximate surface area is 120 Å². The number of piperidine rings is 1. The van der Waals surface area contributed by atoms with Gasteiger partial charge in [0.05, 0.1) is 10.7 Å². The van der Waals surface area contributed by atoms with Crippen molar-refractivity contribution in [2.45, 2.75) is 18.9 Å². The fraction of sp³-hybridized carbons (Fsp3) is 0.385. The molecule has 0 radical (unpaired) electrons. The zero-order chi connectivity index (χ0) is 13.2. The van der Waals surface area contributed by atoms with Crippen molar-refractivity contribution in [2.75, 3.05) is 18.8 Å². The quantitative estimate of drug-likeness (QED) is 0.924. The molecule has 0 aliphatic carbocycles. The van der Waals surface area contributed by atoms with Gasteiger partial charge in [-0.15, -0.1) is 13.1 Å². The number of aromatic nitrogens is 3. The number of nitrogen functional groups attached to an aromatic ring is 1. The molecule has 2 aromatic heterocycles. The molecule has 0 amide bonds. The molecule has 0 saturated carbocycles. The molecule has 1 aliphatic heterocycles. The largest absolute Gasteiger partial charge is 0.662 e. The Balaban J connectivity index is 1.85.